The largest absolute Gasteiger partial charge is 0.492 e. The van der Waals surface area contributed by atoms with Gasteiger partial charge in [0.15, 0.2) is 5.96 Å². The maximum atomic E-state index is 5.58. The van der Waals surface area contributed by atoms with Crippen LogP contribution in [0, 0.1) is 0 Å². The van der Waals surface area contributed by atoms with Gasteiger partial charge in [-0.1, -0.05) is 18.2 Å². The highest BCUT2D eigenvalue weighted by molar-refractivity contribution is 5.79. The van der Waals surface area contributed by atoms with Crippen molar-refractivity contribution < 1.29 is 9.47 Å². The molecular formula is C14H23N3O2. The summed E-state index contributed by atoms with van der Waals surface area (Å²) in [7, 11) is 3.46. The second-order valence-corrected chi connectivity index (χ2v) is 3.93. The smallest absolute Gasteiger partial charge is 0.191 e. The van der Waals surface area contributed by atoms with Crippen molar-refractivity contribution in [2.45, 2.75) is 6.42 Å². The summed E-state index contributed by atoms with van der Waals surface area (Å²) in [5.74, 6) is 1.67. The minimum atomic E-state index is 0.600. The maximum Gasteiger partial charge on any atom is 0.191 e. The average molecular weight is 265 g/mol. The summed E-state index contributed by atoms with van der Waals surface area (Å²) in [6.45, 7) is 2.90. The predicted octanol–water partition coefficient (Wildman–Crippen LogP) is 1.27. The normalized spacial score (nSPS) is 11.2. The molecule has 19 heavy (non-hydrogen) atoms. The zero-order valence-corrected chi connectivity index (χ0v) is 11.7. The zero-order valence-electron chi connectivity index (χ0n) is 11.7. The van der Waals surface area contributed by atoms with Crippen molar-refractivity contribution in [2.24, 2.45) is 4.99 Å². The highest BCUT2D eigenvalue weighted by Crippen LogP contribution is 2.07. The molecule has 5 heteroatoms. The Balaban J connectivity index is 2.09. The van der Waals surface area contributed by atoms with Crippen LogP contribution in [0.15, 0.2) is 35.3 Å². The van der Waals surface area contributed by atoms with Gasteiger partial charge in [0.2, 0.25) is 0 Å². The Labute approximate surface area is 115 Å². The van der Waals surface area contributed by atoms with Gasteiger partial charge in [-0.3, -0.25) is 4.99 Å². The number of hydrogen-bond donors (Lipinski definition) is 2. The van der Waals surface area contributed by atoms with E-state index in [-0.39, 0.29) is 0 Å². The van der Waals surface area contributed by atoms with Crippen LogP contribution in [0.5, 0.6) is 5.75 Å². The minimum Gasteiger partial charge on any atom is -0.492 e. The lowest BCUT2D eigenvalue weighted by Gasteiger charge is -2.12. The standard InChI is InChI=1S/C14H23N3O2/c1-15-14(16-9-6-11-18-2)17-10-12-19-13-7-4-3-5-8-13/h3-5,7-8H,6,9-12H2,1-2H3,(H2,15,16,17). The van der Waals surface area contributed by atoms with E-state index in [1.54, 1.807) is 14.2 Å². The molecule has 0 saturated carbocycles. The lowest BCUT2D eigenvalue weighted by atomic mass is 10.3. The van der Waals surface area contributed by atoms with Crippen LogP contribution in [-0.4, -0.2) is 46.4 Å². The Hall–Kier alpha value is -1.75. The molecule has 1 aromatic rings. The van der Waals surface area contributed by atoms with Crippen LogP contribution in [0.25, 0.3) is 0 Å². The summed E-state index contributed by atoms with van der Waals surface area (Å²) < 4.78 is 10.6. The molecule has 0 aromatic heterocycles. The van der Waals surface area contributed by atoms with Gasteiger partial charge < -0.3 is 20.1 Å². The second kappa shape index (κ2) is 10.2. The molecule has 0 amide bonds. The van der Waals surface area contributed by atoms with Crippen molar-refractivity contribution in [1.82, 2.24) is 10.6 Å². The molecular weight excluding hydrogens is 242 g/mol. The monoisotopic (exact) mass is 265 g/mol. The van der Waals surface area contributed by atoms with E-state index >= 15 is 0 Å². The van der Waals surface area contributed by atoms with Gasteiger partial charge in [0.05, 0.1) is 6.54 Å². The zero-order chi connectivity index (χ0) is 13.8. The Morgan fingerprint density at radius 2 is 1.84 bits per heavy atom. The average Bonchev–Trinajstić information content (AvgIpc) is 2.46. The lowest BCUT2D eigenvalue weighted by molar-refractivity contribution is 0.195. The number of benzene rings is 1. The molecule has 0 aliphatic rings. The molecule has 0 saturated heterocycles. The number of methoxy groups -OCH3 is 1. The summed E-state index contributed by atoms with van der Waals surface area (Å²) in [6.07, 6.45) is 0.956. The van der Waals surface area contributed by atoms with Gasteiger partial charge in [-0.2, -0.15) is 0 Å². The summed E-state index contributed by atoms with van der Waals surface area (Å²) in [4.78, 5) is 4.13. The number of ether oxygens (including phenoxy) is 2. The Morgan fingerprint density at radius 1 is 1.11 bits per heavy atom. The molecule has 0 bridgehead atoms. The van der Waals surface area contributed by atoms with Gasteiger partial charge in [-0.25, -0.2) is 0 Å². The molecule has 0 fully saturated rings. The molecule has 0 atom stereocenters. The van der Waals surface area contributed by atoms with E-state index in [9.17, 15) is 0 Å². The van der Waals surface area contributed by atoms with Crippen LogP contribution in [-0.2, 0) is 4.74 Å². The first-order chi connectivity index (χ1) is 9.36. The van der Waals surface area contributed by atoms with Gasteiger partial charge in [-0.05, 0) is 18.6 Å². The number of hydrogen-bond acceptors (Lipinski definition) is 3. The quantitative estimate of drug-likeness (QED) is 0.422. The molecule has 0 radical (unpaired) electrons. The van der Waals surface area contributed by atoms with Crippen LogP contribution >= 0.6 is 0 Å². The second-order valence-electron chi connectivity index (χ2n) is 3.93. The van der Waals surface area contributed by atoms with Crippen molar-refractivity contribution in [3.05, 3.63) is 30.3 Å². The predicted molar refractivity (Wildman–Crippen MR) is 77.8 cm³/mol. The molecule has 106 valence electrons. The highest BCUT2D eigenvalue weighted by atomic mass is 16.5. The third-order valence-electron chi connectivity index (χ3n) is 2.45. The Bertz CT molecular complexity index is 355. The molecule has 0 aliphatic heterocycles. The number of para-hydroxylation sites is 1. The van der Waals surface area contributed by atoms with E-state index in [0.29, 0.717) is 13.2 Å². The fourth-order valence-corrected chi connectivity index (χ4v) is 1.50. The van der Waals surface area contributed by atoms with Gasteiger partial charge in [0.25, 0.3) is 0 Å². The van der Waals surface area contributed by atoms with Crippen molar-refractivity contribution in [3.63, 3.8) is 0 Å². The Morgan fingerprint density at radius 3 is 2.53 bits per heavy atom. The van der Waals surface area contributed by atoms with E-state index < -0.39 is 0 Å². The minimum absolute atomic E-state index is 0.600. The fraction of sp³-hybridized carbons (Fsp3) is 0.500. The van der Waals surface area contributed by atoms with Crippen LogP contribution < -0.4 is 15.4 Å². The van der Waals surface area contributed by atoms with E-state index in [4.69, 9.17) is 9.47 Å². The first-order valence-electron chi connectivity index (χ1n) is 6.48. The first-order valence-corrected chi connectivity index (χ1v) is 6.48. The number of nitrogens with one attached hydrogen (secondary N) is 2. The van der Waals surface area contributed by atoms with E-state index in [1.165, 1.54) is 0 Å². The third kappa shape index (κ3) is 7.31. The molecule has 0 spiro atoms. The van der Waals surface area contributed by atoms with Crippen molar-refractivity contribution >= 4 is 5.96 Å². The van der Waals surface area contributed by atoms with Gasteiger partial charge >= 0.3 is 0 Å². The third-order valence-corrected chi connectivity index (χ3v) is 2.45. The molecule has 2 N–H and O–H groups in total. The number of rotatable bonds is 8. The summed E-state index contributed by atoms with van der Waals surface area (Å²) in [6, 6.07) is 9.77. The molecule has 0 heterocycles. The molecule has 0 aliphatic carbocycles. The van der Waals surface area contributed by atoms with E-state index in [0.717, 1.165) is 31.3 Å². The van der Waals surface area contributed by atoms with E-state index in [2.05, 4.69) is 15.6 Å². The van der Waals surface area contributed by atoms with Gasteiger partial charge in [0, 0.05) is 27.3 Å². The van der Waals surface area contributed by atoms with Crippen molar-refractivity contribution in [1.29, 1.82) is 0 Å². The van der Waals surface area contributed by atoms with Crippen molar-refractivity contribution in [2.75, 3.05) is 40.5 Å². The summed E-state index contributed by atoms with van der Waals surface area (Å²) in [5.41, 5.74) is 0. The molecule has 1 aromatic carbocycles. The van der Waals surface area contributed by atoms with Gasteiger partial charge in [-0.15, -0.1) is 0 Å². The molecule has 5 nitrogen and oxygen atoms in total. The van der Waals surface area contributed by atoms with E-state index in [1.807, 2.05) is 30.3 Å². The first kappa shape index (κ1) is 15.3. The topological polar surface area (TPSA) is 54.9 Å². The maximum absolute atomic E-state index is 5.58. The summed E-state index contributed by atoms with van der Waals surface area (Å²) in [5, 5.41) is 6.40. The summed E-state index contributed by atoms with van der Waals surface area (Å²) >= 11 is 0. The van der Waals surface area contributed by atoms with Crippen LogP contribution in [0.3, 0.4) is 0 Å². The highest BCUT2D eigenvalue weighted by Gasteiger charge is 1.96. The fourth-order valence-electron chi connectivity index (χ4n) is 1.50. The molecule has 0 unspecified atom stereocenters. The number of guanidine groups is 1. The van der Waals surface area contributed by atoms with Gasteiger partial charge in [0.1, 0.15) is 12.4 Å². The van der Waals surface area contributed by atoms with Crippen LogP contribution in [0.2, 0.25) is 0 Å². The van der Waals surface area contributed by atoms with Crippen LogP contribution in [0.4, 0.5) is 0 Å². The number of aliphatic imine (C=N–C) groups is 1. The van der Waals surface area contributed by atoms with Crippen molar-refractivity contribution in [3.8, 4) is 5.75 Å². The lowest BCUT2D eigenvalue weighted by Crippen LogP contribution is -2.39. The SMILES string of the molecule is CN=C(NCCCOC)NCCOc1ccccc1. The number of nitrogens with zero attached hydrogens (tertiary/aromatic N) is 1. The molecule has 1 rings (SSSR count). The van der Waals surface area contributed by atoms with Crippen LogP contribution in [0.1, 0.15) is 6.42 Å². The Kier molecular flexibility index (Phi) is 8.22.